The molecule has 0 radical (unpaired) electrons. The Kier molecular flexibility index (Phi) is 6.32. The van der Waals surface area contributed by atoms with Crippen LogP contribution < -0.4 is 4.74 Å². The lowest BCUT2D eigenvalue weighted by Gasteiger charge is -2.28. The lowest BCUT2D eigenvalue weighted by molar-refractivity contribution is -0.134. The molecule has 2 atom stereocenters. The fourth-order valence-corrected chi connectivity index (χ4v) is 5.24. The van der Waals surface area contributed by atoms with E-state index in [-0.39, 0.29) is 24.5 Å². The molecule has 0 saturated heterocycles. The van der Waals surface area contributed by atoms with Crippen LogP contribution in [0.1, 0.15) is 40.7 Å². The average molecular weight is 440 g/mol. The van der Waals surface area contributed by atoms with E-state index in [1.54, 1.807) is 34.8 Å². The van der Waals surface area contributed by atoms with Gasteiger partial charge in [-0.25, -0.2) is 5.01 Å². The second kappa shape index (κ2) is 9.12. The van der Waals surface area contributed by atoms with Crippen molar-refractivity contribution >= 4 is 34.3 Å². The summed E-state index contributed by atoms with van der Waals surface area (Å²) >= 11 is 3.34. The second-order valence-corrected chi connectivity index (χ2v) is 9.26. The molecule has 3 aromatic rings. The van der Waals surface area contributed by atoms with E-state index in [1.807, 2.05) is 53.7 Å². The van der Waals surface area contributed by atoms with Gasteiger partial charge in [0.25, 0.3) is 5.91 Å². The number of thiophene rings is 2. The van der Waals surface area contributed by atoms with Gasteiger partial charge >= 0.3 is 0 Å². The normalized spacial score (nSPS) is 17.3. The molecule has 2 unspecified atom stereocenters. The summed E-state index contributed by atoms with van der Waals surface area (Å²) in [6.45, 7) is 2.37. The van der Waals surface area contributed by atoms with Gasteiger partial charge in [-0.2, -0.15) is 5.10 Å². The highest BCUT2D eigenvalue weighted by molar-refractivity contribution is 7.12. The van der Waals surface area contributed by atoms with Crippen molar-refractivity contribution < 1.29 is 9.53 Å². The predicted molar refractivity (Wildman–Crippen MR) is 123 cm³/mol. The van der Waals surface area contributed by atoms with Crippen LogP contribution in [-0.4, -0.2) is 42.2 Å². The number of carbonyl (C=O) groups is 1. The van der Waals surface area contributed by atoms with Crippen LogP contribution >= 0.6 is 22.7 Å². The fraction of sp³-hybridized carbons (Fsp3) is 0.304. The van der Waals surface area contributed by atoms with Gasteiger partial charge in [-0.3, -0.25) is 9.69 Å². The SMILES string of the molecule is COc1ccccc1C(C)N(C)CC(=O)N1N=C(c2cccs2)CC1c1cccs1. The zero-order chi connectivity index (χ0) is 21.1. The van der Waals surface area contributed by atoms with Crippen LogP contribution in [0.15, 0.2) is 64.4 Å². The molecule has 0 aliphatic carbocycles. The molecule has 1 aromatic carbocycles. The van der Waals surface area contributed by atoms with E-state index >= 15 is 0 Å². The Morgan fingerprint density at radius 2 is 1.97 bits per heavy atom. The van der Waals surface area contributed by atoms with E-state index in [4.69, 9.17) is 9.84 Å². The molecule has 1 aliphatic rings. The molecule has 1 amide bonds. The van der Waals surface area contributed by atoms with Crippen molar-refractivity contribution in [3.8, 4) is 5.75 Å². The summed E-state index contributed by atoms with van der Waals surface area (Å²) < 4.78 is 5.50. The summed E-state index contributed by atoms with van der Waals surface area (Å²) in [5, 5.41) is 10.5. The molecule has 1 aliphatic heterocycles. The molecule has 7 heteroatoms. The maximum atomic E-state index is 13.3. The first-order chi connectivity index (χ1) is 14.6. The number of benzene rings is 1. The lowest BCUT2D eigenvalue weighted by Crippen LogP contribution is -2.37. The quantitative estimate of drug-likeness (QED) is 0.509. The van der Waals surface area contributed by atoms with Crippen LogP contribution in [0.5, 0.6) is 5.75 Å². The standard InChI is InChI=1S/C23H25N3O2S2/c1-16(17-8-4-5-9-20(17)28-3)25(2)15-23(27)26-19(22-11-7-13-30-22)14-18(24-26)21-10-6-12-29-21/h4-13,16,19H,14-15H2,1-3H3. The molecule has 0 bridgehead atoms. The molecule has 0 fully saturated rings. The lowest BCUT2D eigenvalue weighted by atomic mass is 10.1. The highest BCUT2D eigenvalue weighted by atomic mass is 32.1. The Morgan fingerprint density at radius 1 is 1.20 bits per heavy atom. The molecule has 0 spiro atoms. The van der Waals surface area contributed by atoms with Crippen molar-refractivity contribution in [1.82, 2.24) is 9.91 Å². The highest BCUT2D eigenvalue weighted by Crippen LogP contribution is 2.36. The van der Waals surface area contributed by atoms with Crippen molar-refractivity contribution in [2.24, 2.45) is 5.10 Å². The van der Waals surface area contributed by atoms with Gasteiger partial charge in [-0.1, -0.05) is 30.3 Å². The Bertz CT molecular complexity index is 1020. The van der Waals surface area contributed by atoms with Crippen LogP contribution in [-0.2, 0) is 4.79 Å². The number of hydrogen-bond acceptors (Lipinski definition) is 6. The number of para-hydroxylation sites is 1. The predicted octanol–water partition coefficient (Wildman–Crippen LogP) is 5.19. The maximum absolute atomic E-state index is 13.3. The number of nitrogens with zero attached hydrogens (tertiary/aromatic N) is 3. The van der Waals surface area contributed by atoms with E-state index in [9.17, 15) is 4.79 Å². The first-order valence-corrected chi connectivity index (χ1v) is 11.6. The third-order valence-electron chi connectivity index (χ3n) is 5.48. The van der Waals surface area contributed by atoms with Gasteiger partial charge in [0.2, 0.25) is 0 Å². The Hall–Kier alpha value is -2.48. The van der Waals surface area contributed by atoms with Crippen molar-refractivity contribution in [2.75, 3.05) is 20.7 Å². The van der Waals surface area contributed by atoms with Crippen molar-refractivity contribution in [3.05, 3.63) is 74.6 Å². The summed E-state index contributed by atoms with van der Waals surface area (Å²) in [5.74, 6) is 0.837. The average Bonchev–Trinajstić information content (AvgIpc) is 3.53. The van der Waals surface area contributed by atoms with Crippen molar-refractivity contribution in [1.29, 1.82) is 0 Å². The van der Waals surface area contributed by atoms with Crippen LogP contribution in [0.2, 0.25) is 0 Å². The van der Waals surface area contributed by atoms with Gasteiger partial charge in [0.15, 0.2) is 0 Å². The van der Waals surface area contributed by atoms with Gasteiger partial charge < -0.3 is 4.74 Å². The molecule has 3 heterocycles. The third kappa shape index (κ3) is 4.19. The molecule has 0 N–H and O–H groups in total. The smallest absolute Gasteiger partial charge is 0.257 e. The zero-order valence-corrected chi connectivity index (χ0v) is 19.0. The topological polar surface area (TPSA) is 45.1 Å². The number of hydrazone groups is 1. The number of hydrogen-bond donors (Lipinski definition) is 0. The van der Waals surface area contributed by atoms with E-state index in [2.05, 4.69) is 24.4 Å². The summed E-state index contributed by atoms with van der Waals surface area (Å²) in [5.41, 5.74) is 2.05. The maximum Gasteiger partial charge on any atom is 0.257 e. The molecule has 156 valence electrons. The third-order valence-corrected chi connectivity index (χ3v) is 7.37. The monoisotopic (exact) mass is 439 g/mol. The molecular formula is C23H25N3O2S2. The van der Waals surface area contributed by atoms with E-state index in [0.29, 0.717) is 0 Å². The van der Waals surface area contributed by atoms with Gasteiger partial charge in [-0.15, -0.1) is 22.7 Å². The van der Waals surface area contributed by atoms with Crippen LogP contribution in [0.25, 0.3) is 0 Å². The van der Waals surface area contributed by atoms with Crippen molar-refractivity contribution in [2.45, 2.75) is 25.4 Å². The van der Waals surface area contributed by atoms with Crippen LogP contribution in [0, 0.1) is 0 Å². The Labute approximate surface area is 185 Å². The first-order valence-electron chi connectivity index (χ1n) is 9.88. The van der Waals surface area contributed by atoms with Crippen LogP contribution in [0.4, 0.5) is 0 Å². The van der Waals surface area contributed by atoms with Gasteiger partial charge in [0.05, 0.1) is 30.3 Å². The number of likely N-dealkylation sites (N-methyl/N-ethyl adjacent to an activating group) is 1. The Balaban J connectivity index is 1.54. The molecule has 5 nitrogen and oxygen atoms in total. The fourth-order valence-electron chi connectivity index (χ4n) is 3.71. The van der Waals surface area contributed by atoms with Crippen LogP contribution in [0.3, 0.4) is 0 Å². The number of ether oxygens (including phenoxy) is 1. The molecule has 2 aromatic heterocycles. The first kappa shape index (κ1) is 20.8. The molecule has 0 saturated carbocycles. The molecule has 4 rings (SSSR count). The van der Waals surface area contributed by atoms with E-state index in [1.165, 1.54) is 4.88 Å². The van der Waals surface area contributed by atoms with Gasteiger partial charge in [0, 0.05) is 22.9 Å². The summed E-state index contributed by atoms with van der Waals surface area (Å²) in [6.07, 6.45) is 0.749. The minimum atomic E-state index is -0.0374. The van der Waals surface area contributed by atoms with Crippen molar-refractivity contribution in [3.63, 3.8) is 0 Å². The number of carbonyl (C=O) groups excluding carboxylic acids is 1. The second-order valence-electron chi connectivity index (χ2n) is 7.33. The largest absolute Gasteiger partial charge is 0.496 e. The highest BCUT2D eigenvalue weighted by Gasteiger charge is 2.34. The van der Waals surface area contributed by atoms with E-state index in [0.717, 1.165) is 28.3 Å². The minimum absolute atomic E-state index is 0.00389. The minimum Gasteiger partial charge on any atom is -0.496 e. The summed E-state index contributed by atoms with van der Waals surface area (Å²) in [6, 6.07) is 16.2. The molecule has 30 heavy (non-hydrogen) atoms. The van der Waals surface area contributed by atoms with Gasteiger partial charge in [0.1, 0.15) is 5.75 Å². The molecular weight excluding hydrogens is 414 g/mol. The summed E-state index contributed by atoms with van der Waals surface area (Å²) in [7, 11) is 3.64. The Morgan fingerprint density at radius 3 is 2.67 bits per heavy atom. The summed E-state index contributed by atoms with van der Waals surface area (Å²) in [4.78, 5) is 17.7. The number of amides is 1. The number of methoxy groups -OCH3 is 1. The van der Waals surface area contributed by atoms with E-state index < -0.39 is 0 Å². The zero-order valence-electron chi connectivity index (χ0n) is 17.3. The van der Waals surface area contributed by atoms with Gasteiger partial charge in [-0.05, 0) is 42.9 Å². The number of rotatable bonds is 7.